The lowest BCUT2D eigenvalue weighted by Crippen LogP contribution is -2.34. The largest absolute Gasteiger partial charge is 0.495 e. The van der Waals surface area contributed by atoms with Gasteiger partial charge in [-0.25, -0.2) is 0 Å². The molecule has 0 fully saturated rings. The molecule has 0 saturated carbocycles. The lowest BCUT2D eigenvalue weighted by Gasteiger charge is -2.19. The molecule has 9 heavy (non-hydrogen) atoms. The molecule has 0 aliphatic carbocycles. The second-order valence-electron chi connectivity index (χ2n) is 1.99. The summed E-state index contributed by atoms with van der Waals surface area (Å²) in [6, 6.07) is 0. The number of hydrogen-bond acceptors (Lipinski definition) is 3. The summed E-state index contributed by atoms with van der Waals surface area (Å²) >= 11 is 0. The molecule has 0 aromatic heterocycles. The maximum absolute atomic E-state index is 10.6. The maximum atomic E-state index is 10.6. The van der Waals surface area contributed by atoms with Gasteiger partial charge in [-0.1, -0.05) is 0 Å². The Morgan fingerprint density at radius 2 is 2.44 bits per heavy atom. The molecule has 1 aliphatic heterocycles. The summed E-state index contributed by atoms with van der Waals surface area (Å²) in [6.07, 6.45) is 1.15. The van der Waals surface area contributed by atoms with Crippen molar-refractivity contribution < 1.29 is 14.6 Å². The number of hydrogen-bond donors (Lipinski definition) is 1. The summed E-state index contributed by atoms with van der Waals surface area (Å²) in [5.74, 6) is -0.284. The van der Waals surface area contributed by atoms with Crippen molar-refractivity contribution in [2.24, 2.45) is 0 Å². The van der Waals surface area contributed by atoms with Crippen LogP contribution in [-0.2, 0) is 9.53 Å². The molecule has 0 saturated heterocycles. The van der Waals surface area contributed by atoms with Gasteiger partial charge in [-0.15, -0.1) is 0 Å². The average Bonchev–Trinajstić information content (AvgIpc) is 1.83. The van der Waals surface area contributed by atoms with Crippen LogP contribution >= 0.6 is 0 Å². The third-order valence-electron chi connectivity index (χ3n) is 1.26. The lowest BCUT2D eigenvalue weighted by molar-refractivity contribution is -0.129. The Morgan fingerprint density at radius 3 is 2.89 bits per heavy atom. The molecule has 1 aliphatic rings. The highest BCUT2D eigenvalue weighted by molar-refractivity contribution is 5.94. The highest BCUT2D eigenvalue weighted by atomic mass is 16.5. The Labute approximate surface area is 52.9 Å². The first-order valence-electron chi connectivity index (χ1n) is 2.76. The lowest BCUT2D eigenvalue weighted by atomic mass is 10.1. The van der Waals surface area contributed by atoms with E-state index < -0.39 is 12.2 Å². The van der Waals surface area contributed by atoms with E-state index >= 15 is 0 Å². The standard InChI is InChI=1S/C6H8O3/c1-4-6(8)5(7)2-3-9-4/h2-4,6,8H,1H3. The first-order chi connectivity index (χ1) is 4.22. The predicted molar refractivity (Wildman–Crippen MR) is 30.7 cm³/mol. The molecule has 0 amide bonds. The first kappa shape index (κ1) is 6.29. The molecule has 1 heterocycles. The van der Waals surface area contributed by atoms with Crippen molar-refractivity contribution >= 4 is 5.78 Å². The number of carbonyl (C=O) groups excluding carboxylic acids is 1. The van der Waals surface area contributed by atoms with Crippen LogP contribution < -0.4 is 0 Å². The minimum absolute atomic E-state index is 0.284. The molecule has 0 radical (unpaired) electrons. The second-order valence-corrected chi connectivity index (χ2v) is 1.99. The van der Waals surface area contributed by atoms with Crippen LogP contribution in [-0.4, -0.2) is 23.1 Å². The third kappa shape index (κ3) is 1.10. The van der Waals surface area contributed by atoms with Gasteiger partial charge in [0.05, 0.1) is 6.26 Å². The summed E-state index contributed by atoms with van der Waals surface area (Å²) < 4.78 is 4.81. The molecule has 1 N–H and O–H groups in total. The van der Waals surface area contributed by atoms with E-state index in [2.05, 4.69) is 0 Å². The number of rotatable bonds is 0. The molecule has 0 aromatic carbocycles. The topological polar surface area (TPSA) is 46.5 Å². The van der Waals surface area contributed by atoms with Gasteiger partial charge in [0.2, 0.25) is 0 Å². The fourth-order valence-electron chi connectivity index (χ4n) is 0.635. The van der Waals surface area contributed by atoms with Gasteiger partial charge in [0.1, 0.15) is 6.10 Å². The molecule has 2 unspecified atom stereocenters. The number of aliphatic hydroxyl groups is 1. The molecule has 1 rings (SSSR count). The Morgan fingerprint density at radius 1 is 1.78 bits per heavy atom. The van der Waals surface area contributed by atoms with Crippen LogP contribution in [0.2, 0.25) is 0 Å². The van der Waals surface area contributed by atoms with Crippen molar-refractivity contribution in [3.05, 3.63) is 12.3 Å². The zero-order valence-corrected chi connectivity index (χ0v) is 5.07. The van der Waals surface area contributed by atoms with Gasteiger partial charge < -0.3 is 9.84 Å². The van der Waals surface area contributed by atoms with Crippen LogP contribution in [0.4, 0.5) is 0 Å². The molecule has 3 nitrogen and oxygen atoms in total. The molecule has 0 aromatic rings. The van der Waals surface area contributed by atoms with Crippen molar-refractivity contribution in [1.29, 1.82) is 0 Å². The van der Waals surface area contributed by atoms with Gasteiger partial charge in [0.25, 0.3) is 0 Å². The van der Waals surface area contributed by atoms with Gasteiger partial charge in [-0.2, -0.15) is 0 Å². The first-order valence-corrected chi connectivity index (χ1v) is 2.76. The Hall–Kier alpha value is -0.830. The number of carbonyl (C=O) groups is 1. The second kappa shape index (κ2) is 2.19. The molecular weight excluding hydrogens is 120 g/mol. The van der Waals surface area contributed by atoms with Crippen LogP contribution in [0.3, 0.4) is 0 Å². The average molecular weight is 128 g/mol. The summed E-state index contributed by atoms with van der Waals surface area (Å²) in [5.41, 5.74) is 0. The minimum Gasteiger partial charge on any atom is -0.495 e. The number of ketones is 1. The highest BCUT2D eigenvalue weighted by Gasteiger charge is 2.23. The molecule has 50 valence electrons. The molecule has 0 bridgehead atoms. The van der Waals surface area contributed by atoms with Crippen LogP contribution in [0.5, 0.6) is 0 Å². The summed E-state index contributed by atoms with van der Waals surface area (Å²) in [6.45, 7) is 1.64. The van der Waals surface area contributed by atoms with Gasteiger partial charge >= 0.3 is 0 Å². The monoisotopic (exact) mass is 128 g/mol. The quantitative estimate of drug-likeness (QED) is 0.493. The van der Waals surface area contributed by atoms with Crippen molar-refractivity contribution in [3.63, 3.8) is 0 Å². The van der Waals surface area contributed by atoms with E-state index in [1.807, 2.05) is 0 Å². The van der Waals surface area contributed by atoms with Gasteiger partial charge in [0.15, 0.2) is 11.9 Å². The fourth-order valence-corrected chi connectivity index (χ4v) is 0.635. The van der Waals surface area contributed by atoms with Gasteiger partial charge in [0, 0.05) is 6.08 Å². The summed E-state index contributed by atoms with van der Waals surface area (Å²) in [5, 5.41) is 8.92. The molecule has 0 spiro atoms. The Balaban J connectivity index is 2.69. The molecular formula is C6H8O3. The zero-order chi connectivity index (χ0) is 6.85. The van der Waals surface area contributed by atoms with E-state index in [-0.39, 0.29) is 5.78 Å². The van der Waals surface area contributed by atoms with Gasteiger partial charge in [-0.05, 0) is 6.92 Å². The summed E-state index contributed by atoms with van der Waals surface area (Å²) in [4.78, 5) is 10.6. The van der Waals surface area contributed by atoms with E-state index in [0.717, 1.165) is 0 Å². The van der Waals surface area contributed by atoms with Crippen molar-refractivity contribution in [2.45, 2.75) is 19.1 Å². The van der Waals surface area contributed by atoms with E-state index in [9.17, 15) is 4.79 Å². The fraction of sp³-hybridized carbons (Fsp3) is 0.500. The summed E-state index contributed by atoms with van der Waals surface area (Å²) in [7, 11) is 0. The van der Waals surface area contributed by atoms with Gasteiger partial charge in [-0.3, -0.25) is 4.79 Å². The Bertz CT molecular complexity index is 150. The van der Waals surface area contributed by atoms with E-state index in [1.54, 1.807) is 6.92 Å². The number of aliphatic hydroxyl groups excluding tert-OH is 1. The normalized spacial score (nSPS) is 34.2. The molecule has 3 heteroatoms. The van der Waals surface area contributed by atoms with Crippen molar-refractivity contribution in [2.75, 3.05) is 0 Å². The van der Waals surface area contributed by atoms with Crippen molar-refractivity contribution in [3.8, 4) is 0 Å². The third-order valence-corrected chi connectivity index (χ3v) is 1.26. The van der Waals surface area contributed by atoms with E-state index in [1.165, 1.54) is 12.3 Å². The Kier molecular flexibility index (Phi) is 1.53. The number of ether oxygens (including phenoxy) is 1. The van der Waals surface area contributed by atoms with Crippen LogP contribution in [0.1, 0.15) is 6.92 Å². The van der Waals surface area contributed by atoms with Crippen LogP contribution in [0, 0.1) is 0 Å². The molecule has 2 atom stereocenters. The van der Waals surface area contributed by atoms with E-state index in [0.29, 0.717) is 0 Å². The van der Waals surface area contributed by atoms with Crippen molar-refractivity contribution in [1.82, 2.24) is 0 Å². The predicted octanol–water partition coefficient (Wildman–Crippen LogP) is -0.151. The SMILES string of the molecule is CC1OC=CC(=O)C1O. The highest BCUT2D eigenvalue weighted by Crippen LogP contribution is 2.06. The zero-order valence-electron chi connectivity index (χ0n) is 5.07. The minimum atomic E-state index is -0.977. The van der Waals surface area contributed by atoms with E-state index in [4.69, 9.17) is 9.84 Å². The van der Waals surface area contributed by atoms with Crippen LogP contribution in [0.25, 0.3) is 0 Å². The maximum Gasteiger partial charge on any atom is 0.190 e. The smallest absolute Gasteiger partial charge is 0.190 e. The van der Waals surface area contributed by atoms with Crippen LogP contribution in [0.15, 0.2) is 12.3 Å².